The summed E-state index contributed by atoms with van der Waals surface area (Å²) in [5.74, 6) is -0.0571. The molecule has 0 radical (unpaired) electrons. The second-order valence-electron chi connectivity index (χ2n) is 2.77. The predicted molar refractivity (Wildman–Crippen MR) is 54.1 cm³/mol. The van der Waals surface area contributed by atoms with Gasteiger partial charge in [0, 0.05) is 0 Å². The van der Waals surface area contributed by atoms with Gasteiger partial charge in [-0.25, -0.2) is 0 Å². The standard InChI is InChI=1S/C9H11ClN2O2/c1-14-7-3-2-5(4-6(7)10)8(11)9(12)13/h2-4,8H,11H2,1H3,(H2,12,13). The Morgan fingerprint density at radius 1 is 1.57 bits per heavy atom. The number of hydrogen-bond acceptors (Lipinski definition) is 3. The normalized spacial score (nSPS) is 12.2. The lowest BCUT2D eigenvalue weighted by molar-refractivity contribution is -0.119. The maximum Gasteiger partial charge on any atom is 0.238 e. The van der Waals surface area contributed by atoms with Gasteiger partial charge in [-0.05, 0) is 17.7 Å². The number of halogens is 1. The summed E-state index contributed by atoms with van der Waals surface area (Å²) in [6.07, 6.45) is 0. The van der Waals surface area contributed by atoms with Crippen molar-refractivity contribution in [1.82, 2.24) is 0 Å². The molecule has 0 spiro atoms. The number of carbonyl (C=O) groups excluding carboxylic acids is 1. The third kappa shape index (κ3) is 2.16. The van der Waals surface area contributed by atoms with E-state index in [9.17, 15) is 4.79 Å². The van der Waals surface area contributed by atoms with Crippen LogP contribution in [-0.4, -0.2) is 13.0 Å². The Morgan fingerprint density at radius 3 is 2.64 bits per heavy atom. The lowest BCUT2D eigenvalue weighted by atomic mass is 10.1. The van der Waals surface area contributed by atoms with Gasteiger partial charge in [-0.3, -0.25) is 4.79 Å². The Morgan fingerprint density at radius 2 is 2.21 bits per heavy atom. The molecule has 0 heterocycles. The van der Waals surface area contributed by atoms with Crippen LogP contribution in [0.3, 0.4) is 0 Å². The minimum atomic E-state index is -0.835. The van der Waals surface area contributed by atoms with Gasteiger partial charge in [0.25, 0.3) is 0 Å². The van der Waals surface area contributed by atoms with Crippen LogP contribution in [-0.2, 0) is 4.79 Å². The topological polar surface area (TPSA) is 78.3 Å². The fourth-order valence-corrected chi connectivity index (χ4v) is 1.31. The van der Waals surface area contributed by atoms with Crippen LogP contribution < -0.4 is 16.2 Å². The Balaban J connectivity index is 3.02. The van der Waals surface area contributed by atoms with Crippen molar-refractivity contribution in [2.45, 2.75) is 6.04 Å². The summed E-state index contributed by atoms with van der Waals surface area (Å²) in [5.41, 5.74) is 11.1. The molecule has 0 saturated carbocycles. The molecule has 14 heavy (non-hydrogen) atoms. The fraction of sp³-hybridized carbons (Fsp3) is 0.222. The number of rotatable bonds is 3. The first-order valence-corrected chi connectivity index (χ1v) is 4.32. The van der Waals surface area contributed by atoms with E-state index in [0.717, 1.165) is 0 Å². The molecule has 1 rings (SSSR count). The molecule has 1 unspecified atom stereocenters. The van der Waals surface area contributed by atoms with Crippen molar-refractivity contribution < 1.29 is 9.53 Å². The quantitative estimate of drug-likeness (QED) is 0.783. The van der Waals surface area contributed by atoms with Gasteiger partial charge in [-0.15, -0.1) is 0 Å². The highest BCUT2D eigenvalue weighted by Gasteiger charge is 2.13. The van der Waals surface area contributed by atoms with E-state index in [4.69, 9.17) is 27.8 Å². The van der Waals surface area contributed by atoms with Gasteiger partial charge >= 0.3 is 0 Å². The molecule has 76 valence electrons. The van der Waals surface area contributed by atoms with Gasteiger partial charge in [0.05, 0.1) is 12.1 Å². The van der Waals surface area contributed by atoms with Crippen LogP contribution in [0.15, 0.2) is 18.2 Å². The minimum Gasteiger partial charge on any atom is -0.495 e. The highest BCUT2D eigenvalue weighted by atomic mass is 35.5. The van der Waals surface area contributed by atoms with Crippen molar-refractivity contribution in [2.24, 2.45) is 11.5 Å². The van der Waals surface area contributed by atoms with E-state index in [0.29, 0.717) is 16.3 Å². The van der Waals surface area contributed by atoms with Crippen LogP contribution in [0.1, 0.15) is 11.6 Å². The predicted octanol–water partition coefficient (Wildman–Crippen LogP) is 0.834. The molecule has 1 amide bonds. The van der Waals surface area contributed by atoms with Crippen molar-refractivity contribution in [3.05, 3.63) is 28.8 Å². The van der Waals surface area contributed by atoms with Crippen LogP contribution >= 0.6 is 11.6 Å². The monoisotopic (exact) mass is 214 g/mol. The summed E-state index contributed by atoms with van der Waals surface area (Å²) in [5, 5.41) is 0.404. The van der Waals surface area contributed by atoms with E-state index < -0.39 is 11.9 Å². The zero-order valence-electron chi connectivity index (χ0n) is 7.66. The van der Waals surface area contributed by atoms with Crippen molar-refractivity contribution in [3.8, 4) is 5.75 Å². The van der Waals surface area contributed by atoms with E-state index in [1.54, 1.807) is 18.2 Å². The molecule has 1 aromatic carbocycles. The molecular weight excluding hydrogens is 204 g/mol. The SMILES string of the molecule is COc1ccc(C(N)C(N)=O)cc1Cl. The maximum absolute atomic E-state index is 10.8. The van der Waals surface area contributed by atoms with Gasteiger partial charge in [-0.2, -0.15) is 0 Å². The zero-order valence-corrected chi connectivity index (χ0v) is 8.41. The van der Waals surface area contributed by atoms with Gasteiger partial charge in [0.1, 0.15) is 11.8 Å². The number of benzene rings is 1. The number of methoxy groups -OCH3 is 1. The molecule has 0 aliphatic rings. The second-order valence-corrected chi connectivity index (χ2v) is 3.18. The summed E-state index contributed by atoms with van der Waals surface area (Å²) in [6.45, 7) is 0. The van der Waals surface area contributed by atoms with Crippen molar-refractivity contribution in [3.63, 3.8) is 0 Å². The van der Waals surface area contributed by atoms with Gasteiger partial charge in [0.15, 0.2) is 0 Å². The number of nitrogens with two attached hydrogens (primary N) is 2. The zero-order chi connectivity index (χ0) is 10.7. The molecule has 0 aromatic heterocycles. The van der Waals surface area contributed by atoms with E-state index in [2.05, 4.69) is 0 Å². The summed E-state index contributed by atoms with van der Waals surface area (Å²) >= 11 is 5.85. The van der Waals surface area contributed by atoms with Crippen LogP contribution in [0.25, 0.3) is 0 Å². The molecule has 4 nitrogen and oxygen atoms in total. The number of carbonyl (C=O) groups is 1. The van der Waals surface area contributed by atoms with E-state index in [-0.39, 0.29) is 0 Å². The highest BCUT2D eigenvalue weighted by molar-refractivity contribution is 6.32. The van der Waals surface area contributed by atoms with Gasteiger partial charge < -0.3 is 16.2 Å². The largest absolute Gasteiger partial charge is 0.495 e. The Hall–Kier alpha value is -1.26. The third-order valence-electron chi connectivity index (χ3n) is 1.84. The first-order chi connectivity index (χ1) is 6.56. The molecule has 0 aliphatic carbocycles. The lowest BCUT2D eigenvalue weighted by Gasteiger charge is -2.09. The number of hydrogen-bond donors (Lipinski definition) is 2. The van der Waals surface area contributed by atoms with Gasteiger partial charge in [-0.1, -0.05) is 17.7 Å². The third-order valence-corrected chi connectivity index (χ3v) is 2.14. The molecule has 5 heteroatoms. The number of ether oxygens (including phenoxy) is 1. The maximum atomic E-state index is 10.8. The molecular formula is C9H11ClN2O2. The Labute approximate surface area is 86.8 Å². The minimum absolute atomic E-state index is 0.404. The average Bonchev–Trinajstić information content (AvgIpc) is 2.16. The van der Waals surface area contributed by atoms with Crippen LogP contribution in [0.4, 0.5) is 0 Å². The molecule has 0 fully saturated rings. The lowest BCUT2D eigenvalue weighted by Crippen LogP contribution is -2.28. The fourth-order valence-electron chi connectivity index (χ4n) is 1.04. The average molecular weight is 215 g/mol. The molecule has 0 saturated heterocycles. The van der Waals surface area contributed by atoms with Crippen LogP contribution in [0.2, 0.25) is 5.02 Å². The highest BCUT2D eigenvalue weighted by Crippen LogP contribution is 2.26. The first kappa shape index (κ1) is 10.8. The molecule has 4 N–H and O–H groups in total. The van der Waals surface area contributed by atoms with Crippen molar-refractivity contribution >= 4 is 17.5 Å². The molecule has 1 aromatic rings. The molecule has 0 bridgehead atoms. The summed E-state index contributed by atoms with van der Waals surface area (Å²) in [6, 6.07) is 4.02. The van der Waals surface area contributed by atoms with E-state index >= 15 is 0 Å². The van der Waals surface area contributed by atoms with E-state index in [1.165, 1.54) is 7.11 Å². The summed E-state index contributed by atoms with van der Waals surface area (Å²) in [4.78, 5) is 10.8. The summed E-state index contributed by atoms with van der Waals surface area (Å²) < 4.78 is 4.95. The molecule has 1 atom stereocenters. The Bertz CT molecular complexity index is 355. The Kier molecular flexibility index (Phi) is 3.33. The first-order valence-electron chi connectivity index (χ1n) is 3.94. The smallest absolute Gasteiger partial charge is 0.238 e. The van der Waals surface area contributed by atoms with Gasteiger partial charge in [0.2, 0.25) is 5.91 Å². The van der Waals surface area contributed by atoms with Crippen LogP contribution in [0.5, 0.6) is 5.75 Å². The number of amides is 1. The van der Waals surface area contributed by atoms with Crippen molar-refractivity contribution in [2.75, 3.05) is 7.11 Å². The van der Waals surface area contributed by atoms with Crippen LogP contribution in [0, 0.1) is 0 Å². The summed E-state index contributed by atoms with van der Waals surface area (Å²) in [7, 11) is 1.51. The van der Waals surface area contributed by atoms with Crippen molar-refractivity contribution in [1.29, 1.82) is 0 Å². The molecule has 0 aliphatic heterocycles. The van der Waals surface area contributed by atoms with E-state index in [1.807, 2.05) is 0 Å². The number of primary amides is 1. The second kappa shape index (κ2) is 4.30.